The van der Waals surface area contributed by atoms with Gasteiger partial charge in [-0.15, -0.1) is 0 Å². The summed E-state index contributed by atoms with van der Waals surface area (Å²) in [5.74, 6) is -3.10. The predicted octanol–water partition coefficient (Wildman–Crippen LogP) is 4.30. The Labute approximate surface area is 328 Å². The van der Waals surface area contributed by atoms with Crippen molar-refractivity contribution >= 4 is 44.6 Å². The number of pyridine rings is 1. The topological polar surface area (TPSA) is 194 Å². The molecule has 0 radical (unpaired) electrons. The number of carboxylic acid groups (broad SMARTS) is 1. The van der Waals surface area contributed by atoms with Crippen LogP contribution in [0.25, 0.3) is 10.8 Å². The molecule has 3 heterocycles. The second-order valence-electron chi connectivity index (χ2n) is 15.7. The molecule has 3 N–H and O–H groups in total. The number of fused-ring (bicyclic) bond motifs is 3. The number of hydrogen-bond donors (Lipinski definition) is 3. The van der Waals surface area contributed by atoms with Gasteiger partial charge >= 0.3 is 12.3 Å². The van der Waals surface area contributed by atoms with Gasteiger partial charge in [-0.1, -0.05) is 37.3 Å². The van der Waals surface area contributed by atoms with E-state index in [1.165, 1.54) is 13.3 Å². The quantitative estimate of drug-likeness (QED) is 0.306. The summed E-state index contributed by atoms with van der Waals surface area (Å²) >= 11 is 0. The van der Waals surface area contributed by atoms with Gasteiger partial charge in [0.25, 0.3) is 5.91 Å². The zero-order valence-corrected chi connectivity index (χ0v) is 33.1. The summed E-state index contributed by atoms with van der Waals surface area (Å²) in [6.07, 6.45) is -4.34. The van der Waals surface area contributed by atoms with Gasteiger partial charge in [0.15, 0.2) is 0 Å². The van der Waals surface area contributed by atoms with E-state index in [9.17, 15) is 41.1 Å². The molecule has 1 saturated heterocycles. The number of hydrogen-bond acceptors (Lipinski definition) is 10. The first-order chi connectivity index (χ1) is 26.8. The SMILES string of the molecule is CC[C@@H]1O[C@H](C)CC/C=C\[C@@H]2C[C@@]2(C(=O)NS(=O)(=O)C2CC2)NC(=O)[C@@H]2C[C@@H](Oc3ncc(OC)c4ccccc34)CN2C(=O)[C@H]1N(C(=O)O)C(C)(C)C(F)(F)F. The molecule has 15 nitrogen and oxygen atoms in total. The average molecular weight is 824 g/mol. The van der Waals surface area contributed by atoms with Gasteiger partial charge < -0.3 is 29.5 Å². The molecule has 7 atom stereocenters. The molecular weight excluding hydrogens is 776 g/mol. The molecule has 2 aliphatic carbocycles. The van der Waals surface area contributed by atoms with Crippen LogP contribution in [0.2, 0.25) is 0 Å². The first kappa shape index (κ1) is 42.0. The molecule has 312 valence electrons. The first-order valence-electron chi connectivity index (χ1n) is 18.9. The van der Waals surface area contributed by atoms with Crippen molar-refractivity contribution in [1.82, 2.24) is 24.8 Å². The van der Waals surface area contributed by atoms with Crippen LogP contribution in [0, 0.1) is 5.92 Å². The van der Waals surface area contributed by atoms with E-state index in [2.05, 4.69) is 15.0 Å². The molecule has 4 amide bonds. The van der Waals surface area contributed by atoms with Crippen molar-refractivity contribution in [3.8, 4) is 11.6 Å². The fourth-order valence-corrected chi connectivity index (χ4v) is 9.06. The number of aromatic nitrogens is 1. The van der Waals surface area contributed by atoms with Crippen molar-refractivity contribution in [2.75, 3.05) is 13.7 Å². The lowest BCUT2D eigenvalue weighted by atomic mass is 9.95. The van der Waals surface area contributed by atoms with Gasteiger partial charge in [0.1, 0.15) is 35.0 Å². The number of rotatable bonds is 9. The van der Waals surface area contributed by atoms with Crippen molar-refractivity contribution in [2.45, 2.75) is 126 Å². The van der Waals surface area contributed by atoms with Crippen molar-refractivity contribution in [1.29, 1.82) is 0 Å². The van der Waals surface area contributed by atoms with Gasteiger partial charge in [0.05, 0.1) is 37.3 Å². The van der Waals surface area contributed by atoms with Crippen molar-refractivity contribution in [3.05, 3.63) is 42.6 Å². The molecule has 6 rings (SSSR count). The number of allylic oxidation sites excluding steroid dienone is 1. The molecule has 1 aromatic carbocycles. The Kier molecular flexibility index (Phi) is 11.5. The Morgan fingerprint density at radius 1 is 1.16 bits per heavy atom. The summed E-state index contributed by atoms with van der Waals surface area (Å²) in [6.45, 7) is 4.10. The summed E-state index contributed by atoms with van der Waals surface area (Å²) in [5.41, 5.74) is -4.84. The van der Waals surface area contributed by atoms with Gasteiger partial charge in [-0.2, -0.15) is 13.2 Å². The Balaban J connectivity index is 1.44. The van der Waals surface area contributed by atoms with Crippen LogP contribution in [0.5, 0.6) is 11.6 Å². The molecule has 3 fully saturated rings. The lowest BCUT2D eigenvalue weighted by Crippen LogP contribution is -2.68. The van der Waals surface area contributed by atoms with Gasteiger partial charge in [-0.05, 0) is 65.4 Å². The van der Waals surface area contributed by atoms with E-state index < -0.39 is 99.2 Å². The lowest BCUT2D eigenvalue weighted by molar-refractivity contribution is -0.226. The minimum atomic E-state index is -5.15. The summed E-state index contributed by atoms with van der Waals surface area (Å²) in [4.78, 5) is 61.6. The maximum absolute atomic E-state index is 15.0. The fourth-order valence-electron chi connectivity index (χ4n) is 7.70. The van der Waals surface area contributed by atoms with Gasteiger partial charge in [-0.25, -0.2) is 18.2 Å². The molecule has 0 bridgehead atoms. The molecule has 19 heteroatoms. The van der Waals surface area contributed by atoms with E-state index in [0.29, 0.717) is 56.1 Å². The number of sulfonamides is 1. The van der Waals surface area contributed by atoms with Gasteiger partial charge in [-0.3, -0.25) is 24.0 Å². The number of carbonyl (C=O) groups excluding carboxylic acids is 3. The smallest absolute Gasteiger partial charge is 0.411 e. The molecular formula is C38H48F3N5O10S. The predicted molar refractivity (Wildman–Crippen MR) is 199 cm³/mol. The molecule has 1 aromatic heterocycles. The Bertz CT molecular complexity index is 2040. The van der Waals surface area contributed by atoms with Gasteiger partial charge in [0, 0.05) is 23.1 Å². The maximum atomic E-state index is 15.0. The van der Waals surface area contributed by atoms with E-state index in [1.807, 2.05) is 0 Å². The van der Waals surface area contributed by atoms with Crippen LogP contribution in [-0.2, 0) is 29.1 Å². The molecule has 4 aliphatic rings. The monoisotopic (exact) mass is 823 g/mol. The van der Waals surface area contributed by atoms with Crippen LogP contribution >= 0.6 is 0 Å². The Morgan fingerprint density at radius 3 is 2.46 bits per heavy atom. The first-order valence-corrected chi connectivity index (χ1v) is 20.5. The highest BCUT2D eigenvalue weighted by molar-refractivity contribution is 7.91. The van der Waals surface area contributed by atoms with Crippen LogP contribution in [0.15, 0.2) is 42.6 Å². The standard InChI is InChI=1S/C38H48F3N5O10S/c1-6-28-30(46(35(50)51)36(3,4)38(39,40)41)33(48)45-20-23(56-32-26-14-10-9-13-25(26)29(54-5)19-42-32)17-27(45)31(47)43-37(34(49)44-57(52,53)24-15-16-24)18-22(37)12-8-7-11-21(2)55-28/h8-10,12-14,19,21-24,27-28,30H,6-7,11,15-18,20H2,1-5H3,(H,43,47)(H,44,49)(H,50,51)/b12-8-/t21-,22-,23-,27+,28+,30+,37-/m1/s1. The van der Waals surface area contributed by atoms with Crippen LogP contribution < -0.4 is 19.5 Å². The second-order valence-corrected chi connectivity index (χ2v) is 17.6. The summed E-state index contributed by atoms with van der Waals surface area (Å²) in [5, 5.41) is 13.6. The fraction of sp³-hybridized carbons (Fsp3) is 0.605. The number of alkyl halides is 3. The molecule has 0 unspecified atom stereocenters. The van der Waals surface area contributed by atoms with E-state index in [-0.39, 0.29) is 30.0 Å². The highest BCUT2D eigenvalue weighted by Crippen LogP contribution is 2.46. The zero-order chi connectivity index (χ0) is 41.7. The van der Waals surface area contributed by atoms with Crippen molar-refractivity contribution < 1.29 is 60.1 Å². The van der Waals surface area contributed by atoms with Crippen LogP contribution in [0.4, 0.5) is 18.0 Å². The highest BCUT2D eigenvalue weighted by atomic mass is 32.2. The molecule has 2 saturated carbocycles. The van der Waals surface area contributed by atoms with E-state index in [0.717, 1.165) is 4.90 Å². The number of nitrogens with one attached hydrogen (secondary N) is 2. The summed E-state index contributed by atoms with van der Waals surface area (Å²) in [6, 6.07) is 3.38. The largest absolute Gasteiger partial charge is 0.494 e. The molecule has 0 spiro atoms. The number of methoxy groups -OCH3 is 1. The molecule has 57 heavy (non-hydrogen) atoms. The third-order valence-corrected chi connectivity index (χ3v) is 13.2. The zero-order valence-electron chi connectivity index (χ0n) is 32.2. The van der Waals surface area contributed by atoms with Crippen molar-refractivity contribution in [3.63, 3.8) is 0 Å². The van der Waals surface area contributed by atoms with Crippen LogP contribution in [-0.4, -0.2) is 119 Å². The number of ether oxygens (including phenoxy) is 3. The third-order valence-electron chi connectivity index (χ3n) is 11.3. The van der Waals surface area contributed by atoms with Crippen molar-refractivity contribution in [2.24, 2.45) is 5.92 Å². The number of nitrogens with zero attached hydrogens (tertiary/aromatic N) is 3. The molecule has 2 aliphatic heterocycles. The van der Waals surface area contributed by atoms with Crippen LogP contribution in [0.1, 0.15) is 72.6 Å². The van der Waals surface area contributed by atoms with E-state index in [1.54, 1.807) is 50.3 Å². The Hall–Kier alpha value is -4.65. The van der Waals surface area contributed by atoms with Gasteiger partial charge in [0.2, 0.25) is 27.7 Å². The lowest BCUT2D eigenvalue weighted by Gasteiger charge is -2.45. The number of amides is 4. The Morgan fingerprint density at radius 2 is 1.84 bits per heavy atom. The minimum absolute atomic E-state index is 0.0305. The number of halogens is 3. The highest BCUT2D eigenvalue weighted by Gasteiger charge is 2.63. The van der Waals surface area contributed by atoms with Crippen LogP contribution in [0.3, 0.4) is 0 Å². The average Bonchev–Trinajstić information content (AvgIpc) is 4.07. The number of benzene rings is 1. The second kappa shape index (κ2) is 15.6. The maximum Gasteiger partial charge on any atom is 0.411 e. The summed E-state index contributed by atoms with van der Waals surface area (Å²) < 4.78 is 90.0. The minimum Gasteiger partial charge on any atom is -0.494 e. The third kappa shape index (κ3) is 8.22. The normalized spacial score (nSPS) is 29.2. The van der Waals surface area contributed by atoms with E-state index >= 15 is 4.79 Å². The summed E-state index contributed by atoms with van der Waals surface area (Å²) in [7, 11) is -2.57. The van der Waals surface area contributed by atoms with E-state index in [4.69, 9.17) is 14.2 Å². The number of carbonyl (C=O) groups is 4. The molecule has 2 aromatic rings.